The SMILES string of the molecule is CC(C)CC(O)CCC1CCCO1. The monoisotopic (exact) mass is 186 g/mol. The Labute approximate surface area is 81.3 Å². The van der Waals surface area contributed by atoms with Crippen LogP contribution in [0.1, 0.15) is 46.0 Å². The minimum atomic E-state index is -0.121. The standard InChI is InChI=1S/C11H22O2/c1-9(2)8-10(12)5-6-11-4-3-7-13-11/h9-12H,3-8H2,1-2H3. The van der Waals surface area contributed by atoms with Gasteiger partial charge in [0.05, 0.1) is 12.2 Å². The van der Waals surface area contributed by atoms with Crippen molar-refractivity contribution in [2.45, 2.75) is 58.2 Å². The van der Waals surface area contributed by atoms with Gasteiger partial charge in [0, 0.05) is 6.61 Å². The maximum absolute atomic E-state index is 9.62. The Morgan fingerprint density at radius 2 is 2.23 bits per heavy atom. The first-order valence-electron chi connectivity index (χ1n) is 5.48. The zero-order valence-corrected chi connectivity index (χ0v) is 8.83. The molecule has 0 aromatic rings. The summed E-state index contributed by atoms with van der Waals surface area (Å²) in [6, 6.07) is 0. The summed E-state index contributed by atoms with van der Waals surface area (Å²) < 4.78 is 5.50. The van der Waals surface area contributed by atoms with Crippen LogP contribution in [0.3, 0.4) is 0 Å². The minimum absolute atomic E-state index is 0.121. The average molecular weight is 186 g/mol. The van der Waals surface area contributed by atoms with Crippen molar-refractivity contribution in [1.29, 1.82) is 0 Å². The molecule has 0 saturated carbocycles. The van der Waals surface area contributed by atoms with E-state index in [9.17, 15) is 5.11 Å². The van der Waals surface area contributed by atoms with E-state index in [1.54, 1.807) is 0 Å². The molecule has 1 N–H and O–H groups in total. The summed E-state index contributed by atoms with van der Waals surface area (Å²) in [7, 11) is 0. The quantitative estimate of drug-likeness (QED) is 0.714. The van der Waals surface area contributed by atoms with Gasteiger partial charge < -0.3 is 9.84 Å². The smallest absolute Gasteiger partial charge is 0.0577 e. The maximum atomic E-state index is 9.62. The van der Waals surface area contributed by atoms with Crippen LogP contribution in [0.5, 0.6) is 0 Å². The molecule has 1 heterocycles. The second-order valence-electron chi connectivity index (χ2n) is 4.50. The highest BCUT2D eigenvalue weighted by Crippen LogP contribution is 2.19. The number of ether oxygens (including phenoxy) is 1. The van der Waals surface area contributed by atoms with Gasteiger partial charge in [-0.25, -0.2) is 0 Å². The van der Waals surface area contributed by atoms with E-state index in [1.165, 1.54) is 12.8 Å². The first kappa shape index (κ1) is 11.0. The van der Waals surface area contributed by atoms with Crippen LogP contribution in [-0.4, -0.2) is 23.9 Å². The highest BCUT2D eigenvalue weighted by atomic mass is 16.5. The van der Waals surface area contributed by atoms with E-state index in [-0.39, 0.29) is 6.10 Å². The molecule has 1 rings (SSSR count). The fourth-order valence-electron chi connectivity index (χ4n) is 1.91. The number of hydrogen-bond donors (Lipinski definition) is 1. The van der Waals surface area contributed by atoms with Gasteiger partial charge in [0.1, 0.15) is 0 Å². The van der Waals surface area contributed by atoms with E-state index in [0.29, 0.717) is 12.0 Å². The highest BCUT2D eigenvalue weighted by molar-refractivity contribution is 4.68. The lowest BCUT2D eigenvalue weighted by atomic mass is 10.0. The Kier molecular flexibility index (Phi) is 4.74. The van der Waals surface area contributed by atoms with Crippen LogP contribution in [0.15, 0.2) is 0 Å². The molecule has 0 spiro atoms. The van der Waals surface area contributed by atoms with Crippen molar-refractivity contribution in [2.24, 2.45) is 5.92 Å². The molecular formula is C11H22O2. The Bertz CT molecular complexity index is 128. The zero-order chi connectivity index (χ0) is 9.68. The largest absolute Gasteiger partial charge is 0.393 e. The summed E-state index contributed by atoms with van der Waals surface area (Å²) in [5.41, 5.74) is 0. The summed E-state index contributed by atoms with van der Waals surface area (Å²) in [5, 5.41) is 9.62. The molecule has 0 aliphatic carbocycles. The minimum Gasteiger partial charge on any atom is -0.393 e. The second kappa shape index (κ2) is 5.61. The van der Waals surface area contributed by atoms with Crippen molar-refractivity contribution in [3.05, 3.63) is 0 Å². The summed E-state index contributed by atoms with van der Waals surface area (Å²) in [6.45, 7) is 5.22. The van der Waals surface area contributed by atoms with Crippen molar-refractivity contribution in [1.82, 2.24) is 0 Å². The van der Waals surface area contributed by atoms with Gasteiger partial charge in [-0.1, -0.05) is 13.8 Å². The first-order chi connectivity index (χ1) is 6.18. The van der Waals surface area contributed by atoms with Crippen LogP contribution in [0.4, 0.5) is 0 Å². The Morgan fingerprint density at radius 3 is 2.77 bits per heavy atom. The molecule has 0 amide bonds. The molecule has 0 aromatic carbocycles. The van der Waals surface area contributed by atoms with Crippen molar-refractivity contribution in [2.75, 3.05) is 6.61 Å². The Hall–Kier alpha value is -0.0800. The van der Waals surface area contributed by atoms with Gasteiger partial charge in [0.2, 0.25) is 0 Å². The highest BCUT2D eigenvalue weighted by Gasteiger charge is 2.17. The van der Waals surface area contributed by atoms with E-state index in [1.807, 2.05) is 0 Å². The van der Waals surface area contributed by atoms with E-state index < -0.39 is 0 Å². The molecular weight excluding hydrogens is 164 g/mol. The lowest BCUT2D eigenvalue weighted by Gasteiger charge is -2.15. The van der Waals surface area contributed by atoms with Crippen molar-refractivity contribution in [3.8, 4) is 0 Å². The Morgan fingerprint density at radius 1 is 1.46 bits per heavy atom. The maximum Gasteiger partial charge on any atom is 0.0577 e. The van der Waals surface area contributed by atoms with Gasteiger partial charge in [0.15, 0.2) is 0 Å². The third kappa shape index (κ3) is 4.63. The lowest BCUT2D eigenvalue weighted by Crippen LogP contribution is -2.14. The van der Waals surface area contributed by atoms with E-state index in [2.05, 4.69) is 13.8 Å². The molecule has 2 atom stereocenters. The Balaban J connectivity index is 2.03. The fraction of sp³-hybridized carbons (Fsp3) is 1.00. The molecule has 0 radical (unpaired) electrons. The van der Waals surface area contributed by atoms with E-state index in [0.717, 1.165) is 25.9 Å². The van der Waals surface area contributed by atoms with Crippen LogP contribution < -0.4 is 0 Å². The molecule has 13 heavy (non-hydrogen) atoms. The van der Waals surface area contributed by atoms with Gasteiger partial charge in [-0.05, 0) is 38.0 Å². The van der Waals surface area contributed by atoms with Gasteiger partial charge in [0.25, 0.3) is 0 Å². The fourth-order valence-corrected chi connectivity index (χ4v) is 1.91. The molecule has 0 bridgehead atoms. The van der Waals surface area contributed by atoms with Crippen LogP contribution >= 0.6 is 0 Å². The molecule has 2 nitrogen and oxygen atoms in total. The second-order valence-corrected chi connectivity index (χ2v) is 4.50. The number of rotatable bonds is 5. The molecule has 2 heteroatoms. The average Bonchev–Trinajstić information content (AvgIpc) is 2.51. The number of aliphatic hydroxyl groups is 1. The van der Waals surface area contributed by atoms with Crippen molar-refractivity contribution < 1.29 is 9.84 Å². The van der Waals surface area contributed by atoms with Crippen LogP contribution in [0.25, 0.3) is 0 Å². The van der Waals surface area contributed by atoms with Crippen LogP contribution in [-0.2, 0) is 4.74 Å². The molecule has 0 aromatic heterocycles. The predicted octanol–water partition coefficient (Wildman–Crippen LogP) is 2.35. The first-order valence-corrected chi connectivity index (χ1v) is 5.48. The molecule has 2 unspecified atom stereocenters. The van der Waals surface area contributed by atoms with Gasteiger partial charge in [-0.3, -0.25) is 0 Å². The predicted molar refractivity (Wildman–Crippen MR) is 53.7 cm³/mol. The third-order valence-corrected chi connectivity index (χ3v) is 2.59. The number of hydrogen-bond acceptors (Lipinski definition) is 2. The summed E-state index contributed by atoms with van der Waals surface area (Å²) in [4.78, 5) is 0. The molecule has 1 aliphatic heterocycles. The van der Waals surface area contributed by atoms with Gasteiger partial charge >= 0.3 is 0 Å². The molecule has 78 valence electrons. The van der Waals surface area contributed by atoms with Crippen LogP contribution in [0.2, 0.25) is 0 Å². The topological polar surface area (TPSA) is 29.5 Å². The van der Waals surface area contributed by atoms with Crippen molar-refractivity contribution >= 4 is 0 Å². The van der Waals surface area contributed by atoms with E-state index >= 15 is 0 Å². The summed E-state index contributed by atoms with van der Waals surface area (Å²) in [6.07, 6.45) is 5.56. The molecule has 1 aliphatic rings. The zero-order valence-electron chi connectivity index (χ0n) is 8.83. The lowest BCUT2D eigenvalue weighted by molar-refractivity contribution is 0.0752. The van der Waals surface area contributed by atoms with Gasteiger partial charge in [-0.2, -0.15) is 0 Å². The summed E-state index contributed by atoms with van der Waals surface area (Å²) in [5.74, 6) is 0.597. The molecule has 1 saturated heterocycles. The number of aliphatic hydroxyl groups excluding tert-OH is 1. The van der Waals surface area contributed by atoms with E-state index in [4.69, 9.17) is 4.74 Å². The molecule has 1 fully saturated rings. The third-order valence-electron chi connectivity index (χ3n) is 2.59. The van der Waals surface area contributed by atoms with Crippen molar-refractivity contribution in [3.63, 3.8) is 0 Å². The van der Waals surface area contributed by atoms with Crippen LogP contribution in [0, 0.1) is 5.92 Å². The summed E-state index contributed by atoms with van der Waals surface area (Å²) >= 11 is 0. The normalized spacial score (nSPS) is 25.4. The van der Waals surface area contributed by atoms with Gasteiger partial charge in [-0.15, -0.1) is 0 Å².